The van der Waals surface area contributed by atoms with Crippen molar-refractivity contribution in [2.45, 2.75) is 0 Å². The molecule has 3 N–H and O–H groups in total. The first-order valence-corrected chi connectivity index (χ1v) is 1.75. The maximum Gasteiger partial charge on any atom is -0.0621 e. The summed E-state index contributed by atoms with van der Waals surface area (Å²) >= 11 is 7.01. The highest BCUT2D eigenvalue weighted by Gasteiger charge is 1.71. The van der Waals surface area contributed by atoms with E-state index in [9.17, 15) is 0 Å². The van der Waals surface area contributed by atoms with Crippen molar-refractivity contribution in [2.75, 3.05) is 0 Å². The van der Waals surface area contributed by atoms with E-state index < -0.39 is 0 Å². The number of nitrogens with two attached hydrogens (primary N) is 1. The van der Waals surface area contributed by atoms with Crippen LogP contribution in [0, 0.1) is 0 Å². The van der Waals surface area contributed by atoms with E-state index in [2.05, 4.69) is 30.5 Å². The van der Waals surface area contributed by atoms with Gasteiger partial charge < -0.3 is 0 Å². The molecule has 32 valence electrons. The number of hydrogen-bond acceptors (Lipinski definition) is 5. The lowest BCUT2D eigenvalue weighted by Crippen LogP contribution is -2.27. The zero-order valence-corrected chi connectivity index (χ0v) is 4.21. The van der Waals surface area contributed by atoms with Gasteiger partial charge in [0.15, 0.2) is 0 Å². The van der Waals surface area contributed by atoms with Crippen LogP contribution in [0.4, 0.5) is 0 Å². The van der Waals surface area contributed by atoms with Gasteiger partial charge in [-0.1, -0.05) is 25.6 Å². The molecule has 3 nitrogen and oxygen atoms in total. The molecule has 5 heteroatoms. The zero-order chi connectivity index (χ0) is 4.28. The molecule has 0 spiro atoms. The molecule has 0 aromatic heterocycles. The Morgan fingerprint density at radius 3 is 2.00 bits per heavy atom. The number of nitrogens with one attached hydrogen (secondary N) is 1. The number of hydrogen-bond donors (Lipinski definition) is 4. The predicted molar refractivity (Wildman–Crippen MR) is 27.1 cm³/mol. The van der Waals surface area contributed by atoms with Crippen molar-refractivity contribution >= 4 is 25.6 Å². The Morgan fingerprint density at radius 2 is 2.00 bits per heavy atom. The molecule has 0 unspecified atom stereocenters. The Morgan fingerprint density at radius 1 is 1.80 bits per heavy atom. The van der Waals surface area contributed by atoms with Crippen LogP contribution in [0.5, 0.6) is 0 Å². The second-order valence-electron chi connectivity index (χ2n) is 0.445. The van der Waals surface area contributed by atoms with E-state index in [0.717, 1.165) is 4.52 Å². The van der Waals surface area contributed by atoms with E-state index in [1.54, 1.807) is 0 Å². The topological polar surface area (TPSA) is 41.3 Å². The summed E-state index contributed by atoms with van der Waals surface area (Å²) in [5, 5.41) is 0. The van der Waals surface area contributed by atoms with Crippen LogP contribution in [-0.2, 0) is 0 Å². The van der Waals surface area contributed by atoms with Gasteiger partial charge in [0.25, 0.3) is 0 Å². The normalized spacial score (nSPS) is 9.60. The summed E-state index contributed by atoms with van der Waals surface area (Å²) in [7, 11) is 0. The van der Waals surface area contributed by atoms with Crippen LogP contribution >= 0.6 is 25.6 Å². The first kappa shape index (κ1) is 5.58. The minimum absolute atomic E-state index is 0.934. The highest BCUT2D eigenvalue weighted by molar-refractivity contribution is 7.81. The van der Waals surface area contributed by atoms with Gasteiger partial charge in [-0.25, -0.2) is 5.84 Å². The Labute approximate surface area is 41.5 Å². The van der Waals surface area contributed by atoms with Gasteiger partial charge in [-0.05, 0) is 0 Å². The lowest BCUT2D eigenvalue weighted by atomic mass is 12.6. The molecule has 0 aromatic rings. The molecule has 0 heterocycles. The van der Waals surface area contributed by atoms with E-state index in [1.807, 2.05) is 0 Å². The largest absolute Gasteiger partial charge is 0.244 e. The van der Waals surface area contributed by atoms with Crippen LogP contribution in [0.2, 0.25) is 0 Å². The third-order valence-corrected chi connectivity index (χ3v) is 0.576. The van der Waals surface area contributed by atoms with E-state index in [4.69, 9.17) is 5.84 Å². The highest BCUT2D eigenvalue weighted by Crippen LogP contribution is 1.70. The van der Waals surface area contributed by atoms with Crippen molar-refractivity contribution in [3.8, 4) is 0 Å². The molecule has 0 amide bonds. The summed E-state index contributed by atoms with van der Waals surface area (Å²) in [6.07, 6.45) is 0. The number of hydrazine groups is 2. The predicted octanol–water partition coefficient (Wildman–Crippen LogP) is -0.644. The number of thiol groups is 2. The Hall–Kier alpha value is 0.580. The van der Waals surface area contributed by atoms with Crippen molar-refractivity contribution in [3.63, 3.8) is 0 Å². The lowest BCUT2D eigenvalue weighted by Gasteiger charge is -1.99. The maximum atomic E-state index is 4.80. The van der Waals surface area contributed by atoms with E-state index in [-0.39, 0.29) is 0 Å². The van der Waals surface area contributed by atoms with Crippen LogP contribution in [0.15, 0.2) is 0 Å². The summed E-state index contributed by atoms with van der Waals surface area (Å²) in [4.78, 5) is 2.20. The minimum atomic E-state index is 0.934. The molecule has 0 aliphatic carbocycles. The summed E-state index contributed by atoms with van der Waals surface area (Å²) in [6, 6.07) is 0. The average molecular weight is 111 g/mol. The van der Waals surface area contributed by atoms with Crippen LogP contribution in [0.1, 0.15) is 0 Å². The molecule has 0 aliphatic rings. The van der Waals surface area contributed by atoms with Crippen molar-refractivity contribution in [1.29, 1.82) is 0 Å². The van der Waals surface area contributed by atoms with Crippen molar-refractivity contribution in [2.24, 2.45) is 5.84 Å². The van der Waals surface area contributed by atoms with E-state index in [0.29, 0.717) is 0 Å². The average Bonchev–Trinajstić information content (AvgIpc) is 1.38. The maximum absolute atomic E-state index is 4.80. The summed E-state index contributed by atoms with van der Waals surface area (Å²) in [6.45, 7) is 0. The Balaban J connectivity index is 2.54. The van der Waals surface area contributed by atoms with E-state index in [1.165, 1.54) is 0 Å². The van der Waals surface area contributed by atoms with Gasteiger partial charge in [0.2, 0.25) is 0 Å². The van der Waals surface area contributed by atoms with Crippen LogP contribution in [0.3, 0.4) is 0 Å². The molecule has 0 fully saturated rings. The van der Waals surface area contributed by atoms with Gasteiger partial charge in [-0.15, -0.1) is 4.52 Å². The fourth-order valence-corrected chi connectivity index (χ4v) is 0. The molecule has 0 rings (SSSR count). The molecule has 0 aliphatic heterocycles. The monoisotopic (exact) mass is 111 g/mol. The van der Waals surface area contributed by atoms with Gasteiger partial charge in [-0.2, -0.15) is 4.83 Å². The molecule has 0 radical (unpaired) electrons. The van der Waals surface area contributed by atoms with Gasteiger partial charge in [-0.3, -0.25) is 0 Å². The van der Waals surface area contributed by atoms with Gasteiger partial charge in [0.05, 0.1) is 0 Å². The fraction of sp³-hybridized carbons (Fsp3) is 0. The third kappa shape index (κ3) is 4.58. The molecule has 0 bridgehead atoms. The molecular weight excluding hydrogens is 106 g/mol. The molecule has 5 heavy (non-hydrogen) atoms. The van der Waals surface area contributed by atoms with Gasteiger partial charge in [0.1, 0.15) is 0 Å². The summed E-state index contributed by atoms with van der Waals surface area (Å²) < 4.78 is 0.934. The smallest absolute Gasteiger partial charge is 0.0621 e. The zero-order valence-electron chi connectivity index (χ0n) is 2.42. The molecule has 0 atom stereocenters. The minimum Gasteiger partial charge on any atom is -0.244 e. The quantitative estimate of drug-likeness (QED) is 0.207. The first-order valence-electron chi connectivity index (χ1n) is 0.905. The summed E-state index contributed by atoms with van der Waals surface area (Å²) in [5.41, 5.74) is 0. The second-order valence-corrected chi connectivity index (χ2v) is 1.08. The second kappa shape index (κ2) is 2.80. The van der Waals surface area contributed by atoms with Gasteiger partial charge in [0, 0.05) is 0 Å². The standard InChI is InChI=1S/H5N3S2/c1-3(5)2-4/h2,4-5H,1H2. The lowest BCUT2D eigenvalue weighted by molar-refractivity contribution is 0.488. The van der Waals surface area contributed by atoms with Crippen molar-refractivity contribution in [3.05, 3.63) is 0 Å². The molecule has 0 aromatic carbocycles. The van der Waals surface area contributed by atoms with Crippen LogP contribution in [-0.4, -0.2) is 4.52 Å². The van der Waals surface area contributed by atoms with Crippen LogP contribution in [0.25, 0.3) is 0 Å². The SMILES string of the molecule is NN(S)NS. The Bertz CT molecular complexity index is 18.9. The first-order chi connectivity index (χ1) is 2.27. The highest BCUT2D eigenvalue weighted by atomic mass is 32.1. The molecule has 0 saturated carbocycles. The molecular formula is H5N3S2. The third-order valence-electron chi connectivity index (χ3n) is 0.102. The van der Waals surface area contributed by atoms with Crippen LogP contribution < -0.4 is 10.7 Å². The fourth-order valence-electron chi connectivity index (χ4n) is 0. The van der Waals surface area contributed by atoms with E-state index >= 15 is 0 Å². The molecule has 0 saturated heterocycles. The number of nitrogens with zero attached hydrogens (tertiary/aromatic N) is 1. The van der Waals surface area contributed by atoms with Gasteiger partial charge >= 0.3 is 0 Å². The van der Waals surface area contributed by atoms with Crippen molar-refractivity contribution < 1.29 is 0 Å². The Kier molecular flexibility index (Phi) is 3.12. The summed E-state index contributed by atoms with van der Waals surface area (Å²) in [5.74, 6) is 4.80. The number of rotatable bonds is 1. The van der Waals surface area contributed by atoms with Crippen molar-refractivity contribution in [1.82, 2.24) is 9.35 Å².